The largest absolute Gasteiger partial charge is 0.376 e. The lowest BCUT2D eigenvalue weighted by atomic mass is 9.96. The van der Waals surface area contributed by atoms with Crippen LogP contribution >= 0.6 is 0 Å². The lowest BCUT2D eigenvalue weighted by molar-refractivity contribution is -0.126. The SMILES string of the molecule is Cn1c(N2CCC(C(=O)NCC3CCCO3)CC2)nc2ccccc21. The van der Waals surface area contributed by atoms with Gasteiger partial charge in [-0.1, -0.05) is 12.1 Å². The summed E-state index contributed by atoms with van der Waals surface area (Å²) in [5.41, 5.74) is 2.17. The first-order valence-corrected chi connectivity index (χ1v) is 9.28. The Kier molecular flexibility index (Phi) is 4.61. The smallest absolute Gasteiger partial charge is 0.223 e. The number of fused-ring (bicyclic) bond motifs is 1. The van der Waals surface area contributed by atoms with Crippen LogP contribution < -0.4 is 10.2 Å². The number of ether oxygens (including phenoxy) is 1. The number of hydrogen-bond donors (Lipinski definition) is 1. The average Bonchev–Trinajstić information content (AvgIpc) is 3.28. The number of anilines is 1. The Morgan fingerprint density at radius 1 is 1.28 bits per heavy atom. The number of rotatable bonds is 4. The van der Waals surface area contributed by atoms with E-state index in [4.69, 9.17) is 9.72 Å². The molecule has 0 aliphatic carbocycles. The van der Waals surface area contributed by atoms with Crippen LogP contribution in [0.15, 0.2) is 24.3 Å². The van der Waals surface area contributed by atoms with Crippen LogP contribution in [0, 0.1) is 5.92 Å². The molecule has 1 N–H and O–H groups in total. The zero-order valence-corrected chi connectivity index (χ0v) is 14.8. The van der Waals surface area contributed by atoms with E-state index in [9.17, 15) is 4.79 Å². The van der Waals surface area contributed by atoms with Gasteiger partial charge in [0.25, 0.3) is 0 Å². The van der Waals surface area contributed by atoms with Gasteiger partial charge >= 0.3 is 0 Å². The Balaban J connectivity index is 1.34. The number of aromatic nitrogens is 2. The van der Waals surface area contributed by atoms with E-state index in [-0.39, 0.29) is 17.9 Å². The van der Waals surface area contributed by atoms with Crippen molar-refractivity contribution < 1.29 is 9.53 Å². The normalized spacial score (nSPS) is 21.8. The molecule has 3 heterocycles. The van der Waals surface area contributed by atoms with Crippen molar-refractivity contribution in [1.82, 2.24) is 14.9 Å². The van der Waals surface area contributed by atoms with Crippen LogP contribution in [-0.4, -0.2) is 47.8 Å². The molecule has 1 unspecified atom stereocenters. The van der Waals surface area contributed by atoms with Crippen LogP contribution in [0.1, 0.15) is 25.7 Å². The van der Waals surface area contributed by atoms with Gasteiger partial charge in [0, 0.05) is 39.2 Å². The molecule has 1 aromatic carbocycles. The highest BCUT2D eigenvalue weighted by Crippen LogP contribution is 2.26. The van der Waals surface area contributed by atoms with Crippen molar-refractivity contribution in [1.29, 1.82) is 0 Å². The second kappa shape index (κ2) is 7.04. The first-order valence-electron chi connectivity index (χ1n) is 9.28. The van der Waals surface area contributed by atoms with Gasteiger partial charge < -0.3 is 19.5 Å². The van der Waals surface area contributed by atoms with Crippen molar-refractivity contribution in [2.45, 2.75) is 31.8 Å². The van der Waals surface area contributed by atoms with E-state index in [2.05, 4.69) is 27.9 Å². The molecule has 6 heteroatoms. The zero-order chi connectivity index (χ0) is 17.2. The summed E-state index contributed by atoms with van der Waals surface area (Å²) in [6.07, 6.45) is 4.13. The summed E-state index contributed by atoms with van der Waals surface area (Å²) in [7, 11) is 2.06. The summed E-state index contributed by atoms with van der Waals surface area (Å²) in [4.78, 5) is 19.5. The molecule has 134 valence electrons. The fraction of sp³-hybridized carbons (Fsp3) is 0.579. The highest BCUT2D eigenvalue weighted by atomic mass is 16.5. The molecule has 0 radical (unpaired) electrons. The third-order valence-corrected chi connectivity index (χ3v) is 5.44. The molecule has 4 rings (SSSR count). The number of benzene rings is 1. The minimum atomic E-state index is 0.104. The molecule has 2 aromatic rings. The summed E-state index contributed by atoms with van der Waals surface area (Å²) in [6, 6.07) is 8.20. The van der Waals surface area contributed by atoms with Gasteiger partial charge in [0.2, 0.25) is 11.9 Å². The van der Waals surface area contributed by atoms with Crippen molar-refractivity contribution in [3.05, 3.63) is 24.3 Å². The van der Waals surface area contributed by atoms with E-state index >= 15 is 0 Å². The molecule has 25 heavy (non-hydrogen) atoms. The molecule has 2 aliphatic heterocycles. The van der Waals surface area contributed by atoms with E-state index in [0.717, 1.165) is 62.4 Å². The number of nitrogens with zero attached hydrogens (tertiary/aromatic N) is 3. The average molecular weight is 342 g/mol. The van der Waals surface area contributed by atoms with E-state index in [1.165, 1.54) is 0 Å². The molecule has 1 aromatic heterocycles. The first-order chi connectivity index (χ1) is 12.2. The van der Waals surface area contributed by atoms with Crippen molar-refractivity contribution in [2.24, 2.45) is 13.0 Å². The Morgan fingerprint density at radius 2 is 2.08 bits per heavy atom. The highest BCUT2D eigenvalue weighted by molar-refractivity contribution is 5.80. The minimum Gasteiger partial charge on any atom is -0.376 e. The van der Waals surface area contributed by atoms with Crippen LogP contribution in [0.5, 0.6) is 0 Å². The maximum atomic E-state index is 12.4. The molecule has 2 fully saturated rings. The second-order valence-electron chi connectivity index (χ2n) is 7.10. The van der Waals surface area contributed by atoms with Crippen molar-refractivity contribution in [2.75, 3.05) is 31.1 Å². The molecule has 6 nitrogen and oxygen atoms in total. The number of nitrogens with one attached hydrogen (secondary N) is 1. The lowest BCUT2D eigenvalue weighted by Crippen LogP contribution is -2.43. The zero-order valence-electron chi connectivity index (χ0n) is 14.8. The van der Waals surface area contributed by atoms with Gasteiger partial charge in [0.1, 0.15) is 0 Å². The Hall–Kier alpha value is -2.08. The molecule has 0 saturated carbocycles. The second-order valence-corrected chi connectivity index (χ2v) is 7.10. The van der Waals surface area contributed by atoms with Crippen LogP contribution in [-0.2, 0) is 16.6 Å². The molecular weight excluding hydrogens is 316 g/mol. The number of carbonyl (C=O) groups is 1. The number of carbonyl (C=O) groups excluding carboxylic acids is 1. The molecule has 2 saturated heterocycles. The number of hydrogen-bond acceptors (Lipinski definition) is 4. The highest BCUT2D eigenvalue weighted by Gasteiger charge is 2.27. The molecular formula is C19H26N4O2. The number of imidazole rings is 1. The summed E-state index contributed by atoms with van der Waals surface area (Å²) in [6.45, 7) is 3.23. The fourth-order valence-electron chi connectivity index (χ4n) is 3.92. The first kappa shape index (κ1) is 16.4. The molecule has 0 bridgehead atoms. The molecule has 1 atom stereocenters. The van der Waals surface area contributed by atoms with E-state index in [1.807, 2.05) is 18.2 Å². The summed E-state index contributed by atoms with van der Waals surface area (Å²) >= 11 is 0. The quantitative estimate of drug-likeness (QED) is 0.924. The van der Waals surface area contributed by atoms with Crippen molar-refractivity contribution in [3.8, 4) is 0 Å². The van der Waals surface area contributed by atoms with Gasteiger partial charge in [-0.05, 0) is 37.8 Å². The third kappa shape index (κ3) is 3.35. The van der Waals surface area contributed by atoms with Crippen LogP contribution in [0.25, 0.3) is 11.0 Å². The summed E-state index contributed by atoms with van der Waals surface area (Å²) in [5.74, 6) is 1.28. The Morgan fingerprint density at radius 3 is 2.80 bits per heavy atom. The standard InChI is InChI=1S/C19H26N4O2/c1-22-17-7-3-2-6-16(17)21-19(22)23-10-8-14(9-11-23)18(24)20-13-15-5-4-12-25-15/h2-3,6-7,14-15H,4-5,8-13H2,1H3,(H,20,24). The summed E-state index contributed by atoms with van der Waals surface area (Å²) < 4.78 is 7.72. The van der Waals surface area contributed by atoms with Gasteiger partial charge in [-0.2, -0.15) is 0 Å². The Labute approximate surface area is 148 Å². The summed E-state index contributed by atoms with van der Waals surface area (Å²) in [5, 5.41) is 3.08. The number of para-hydroxylation sites is 2. The number of aryl methyl sites for hydroxylation is 1. The van der Waals surface area contributed by atoms with E-state index in [1.54, 1.807) is 0 Å². The fourth-order valence-corrected chi connectivity index (χ4v) is 3.92. The number of amides is 1. The lowest BCUT2D eigenvalue weighted by Gasteiger charge is -2.32. The molecule has 1 amide bonds. The number of piperidine rings is 1. The molecule has 2 aliphatic rings. The molecule has 0 spiro atoms. The topological polar surface area (TPSA) is 59.4 Å². The van der Waals surface area contributed by atoms with Gasteiger partial charge in [0.15, 0.2) is 0 Å². The van der Waals surface area contributed by atoms with Crippen LogP contribution in [0.3, 0.4) is 0 Å². The maximum absolute atomic E-state index is 12.4. The third-order valence-electron chi connectivity index (χ3n) is 5.44. The van der Waals surface area contributed by atoms with Crippen molar-refractivity contribution >= 4 is 22.9 Å². The maximum Gasteiger partial charge on any atom is 0.223 e. The van der Waals surface area contributed by atoms with E-state index in [0.29, 0.717) is 6.54 Å². The van der Waals surface area contributed by atoms with Gasteiger partial charge in [-0.3, -0.25) is 4.79 Å². The minimum absolute atomic E-state index is 0.104. The van der Waals surface area contributed by atoms with Crippen molar-refractivity contribution in [3.63, 3.8) is 0 Å². The van der Waals surface area contributed by atoms with Gasteiger partial charge in [0.05, 0.1) is 17.1 Å². The predicted molar refractivity (Wildman–Crippen MR) is 97.6 cm³/mol. The van der Waals surface area contributed by atoms with Crippen LogP contribution in [0.2, 0.25) is 0 Å². The Bertz CT molecular complexity index is 743. The van der Waals surface area contributed by atoms with Crippen LogP contribution in [0.4, 0.5) is 5.95 Å². The van der Waals surface area contributed by atoms with E-state index < -0.39 is 0 Å². The monoisotopic (exact) mass is 342 g/mol. The van der Waals surface area contributed by atoms with Gasteiger partial charge in [-0.15, -0.1) is 0 Å². The predicted octanol–water partition coefficient (Wildman–Crippen LogP) is 2.08. The van der Waals surface area contributed by atoms with Gasteiger partial charge in [-0.25, -0.2) is 4.98 Å².